The maximum atomic E-state index is 13.1. The summed E-state index contributed by atoms with van der Waals surface area (Å²) in [5.74, 6) is 1.51. The molecule has 0 radical (unpaired) electrons. The molecule has 1 heterocycles. The van der Waals surface area contributed by atoms with Gasteiger partial charge in [-0.05, 0) is 36.2 Å². The number of rotatable bonds is 7. The summed E-state index contributed by atoms with van der Waals surface area (Å²) in [6.45, 7) is 3.29. The molecule has 1 unspecified atom stereocenters. The minimum atomic E-state index is -3.52. The Labute approximate surface area is 154 Å². The third-order valence-corrected chi connectivity index (χ3v) is 7.40. The van der Waals surface area contributed by atoms with Crippen molar-refractivity contribution in [3.05, 3.63) is 60.2 Å². The van der Waals surface area contributed by atoms with Gasteiger partial charge in [-0.2, -0.15) is 4.31 Å². The highest BCUT2D eigenvalue weighted by atomic mass is 32.2. The number of unbranched alkanes of at least 4 members (excludes halogenated alkanes) is 1. The van der Waals surface area contributed by atoms with Gasteiger partial charge in [0.1, 0.15) is 5.75 Å². The first-order valence-corrected chi connectivity index (χ1v) is 11.0. The number of sulfonamides is 1. The summed E-state index contributed by atoms with van der Waals surface area (Å²) in [7, 11) is -3.52. The van der Waals surface area contributed by atoms with Crippen molar-refractivity contribution < 1.29 is 13.2 Å². The summed E-state index contributed by atoms with van der Waals surface area (Å²) in [6.07, 6.45) is 2.06. The van der Waals surface area contributed by atoms with Crippen molar-refractivity contribution in [2.24, 2.45) is 0 Å². The Morgan fingerprint density at radius 3 is 2.52 bits per heavy atom. The molecule has 0 bridgehead atoms. The smallest absolute Gasteiger partial charge is 0.244 e. The molecule has 2 aromatic carbocycles. The molecule has 6 heteroatoms. The van der Waals surface area contributed by atoms with Crippen LogP contribution in [-0.4, -0.2) is 31.6 Å². The van der Waals surface area contributed by atoms with E-state index in [1.807, 2.05) is 30.3 Å². The topological polar surface area (TPSA) is 46.6 Å². The van der Waals surface area contributed by atoms with Crippen molar-refractivity contribution in [1.82, 2.24) is 4.31 Å². The second-order valence-corrected chi connectivity index (χ2v) is 9.00. The van der Waals surface area contributed by atoms with Crippen molar-refractivity contribution in [3.63, 3.8) is 0 Å². The van der Waals surface area contributed by atoms with Crippen molar-refractivity contribution >= 4 is 21.8 Å². The molecule has 0 amide bonds. The highest BCUT2D eigenvalue weighted by Crippen LogP contribution is 2.41. The Hall–Kier alpha value is -1.50. The number of hydrogen-bond acceptors (Lipinski definition) is 4. The molecular formula is C19H23NO3S2. The lowest BCUT2D eigenvalue weighted by molar-refractivity contribution is 0.309. The van der Waals surface area contributed by atoms with E-state index in [2.05, 4.69) is 6.92 Å². The SMILES string of the molecule is CCCCOc1ccc(S(=O)(=O)N2CCSC2c2ccccc2)cc1. The lowest BCUT2D eigenvalue weighted by Gasteiger charge is -2.23. The van der Waals surface area contributed by atoms with Crippen LogP contribution in [0.15, 0.2) is 59.5 Å². The summed E-state index contributed by atoms with van der Waals surface area (Å²) < 4.78 is 33.3. The molecule has 1 aliphatic heterocycles. The second-order valence-electron chi connectivity index (χ2n) is 5.92. The summed E-state index contributed by atoms with van der Waals surface area (Å²) >= 11 is 1.66. The first-order valence-electron chi connectivity index (χ1n) is 8.54. The van der Waals surface area contributed by atoms with Crippen LogP contribution in [0.2, 0.25) is 0 Å². The fraction of sp³-hybridized carbons (Fsp3) is 0.368. The number of ether oxygens (including phenoxy) is 1. The van der Waals surface area contributed by atoms with E-state index >= 15 is 0 Å². The zero-order chi connectivity index (χ0) is 17.7. The van der Waals surface area contributed by atoms with E-state index in [0.29, 0.717) is 23.8 Å². The van der Waals surface area contributed by atoms with Gasteiger partial charge in [-0.15, -0.1) is 11.8 Å². The maximum Gasteiger partial charge on any atom is 0.244 e. The molecular weight excluding hydrogens is 354 g/mol. The van der Waals surface area contributed by atoms with Gasteiger partial charge < -0.3 is 4.74 Å². The molecule has 4 nitrogen and oxygen atoms in total. The lowest BCUT2D eigenvalue weighted by atomic mass is 10.2. The van der Waals surface area contributed by atoms with Gasteiger partial charge in [0.25, 0.3) is 0 Å². The van der Waals surface area contributed by atoms with Crippen LogP contribution in [0.4, 0.5) is 0 Å². The monoisotopic (exact) mass is 377 g/mol. The standard InChI is InChI=1S/C19H23NO3S2/c1-2-3-14-23-17-9-11-18(12-10-17)25(21,22)20-13-15-24-19(20)16-7-5-4-6-8-16/h4-12,19H,2-3,13-15H2,1H3. The van der Waals surface area contributed by atoms with Crippen molar-refractivity contribution in [2.45, 2.75) is 30.0 Å². The predicted octanol–water partition coefficient (Wildman–Crippen LogP) is 4.30. The third kappa shape index (κ3) is 4.19. The largest absolute Gasteiger partial charge is 0.494 e. The Bertz CT molecular complexity index is 776. The number of thioether (sulfide) groups is 1. The van der Waals surface area contributed by atoms with Gasteiger partial charge in [-0.1, -0.05) is 43.7 Å². The fourth-order valence-electron chi connectivity index (χ4n) is 2.76. The van der Waals surface area contributed by atoms with Crippen LogP contribution in [0, 0.1) is 0 Å². The van der Waals surface area contributed by atoms with Gasteiger partial charge in [-0.25, -0.2) is 8.42 Å². The highest BCUT2D eigenvalue weighted by molar-refractivity contribution is 8.01. The molecule has 1 saturated heterocycles. The molecule has 0 aromatic heterocycles. The number of hydrogen-bond donors (Lipinski definition) is 0. The van der Waals surface area contributed by atoms with Gasteiger partial charge >= 0.3 is 0 Å². The second kappa shape index (κ2) is 8.25. The normalized spacial score (nSPS) is 18.4. The molecule has 1 atom stereocenters. The van der Waals surface area contributed by atoms with Crippen LogP contribution >= 0.6 is 11.8 Å². The van der Waals surface area contributed by atoms with Gasteiger partial charge in [-0.3, -0.25) is 0 Å². The Morgan fingerprint density at radius 1 is 1.12 bits per heavy atom. The van der Waals surface area contributed by atoms with Crippen molar-refractivity contribution in [3.8, 4) is 5.75 Å². The molecule has 0 N–H and O–H groups in total. The average molecular weight is 378 g/mol. The van der Waals surface area contributed by atoms with Crippen LogP contribution in [0.25, 0.3) is 0 Å². The lowest BCUT2D eigenvalue weighted by Crippen LogP contribution is -2.30. The Morgan fingerprint density at radius 2 is 1.84 bits per heavy atom. The molecule has 134 valence electrons. The molecule has 1 fully saturated rings. The molecule has 0 aliphatic carbocycles. The summed E-state index contributed by atoms with van der Waals surface area (Å²) in [5, 5.41) is -0.160. The summed E-state index contributed by atoms with van der Waals surface area (Å²) in [6, 6.07) is 16.6. The Kier molecular flexibility index (Phi) is 6.04. The van der Waals surface area contributed by atoms with E-state index in [1.54, 1.807) is 40.3 Å². The van der Waals surface area contributed by atoms with Crippen molar-refractivity contribution in [2.75, 3.05) is 18.9 Å². The van der Waals surface area contributed by atoms with E-state index < -0.39 is 10.0 Å². The first kappa shape index (κ1) is 18.3. The van der Waals surface area contributed by atoms with Crippen LogP contribution in [0.3, 0.4) is 0 Å². The fourth-order valence-corrected chi connectivity index (χ4v) is 6.00. The number of nitrogens with zero attached hydrogens (tertiary/aromatic N) is 1. The first-order chi connectivity index (χ1) is 12.1. The van der Waals surface area contributed by atoms with Gasteiger partial charge in [0.2, 0.25) is 10.0 Å². The van der Waals surface area contributed by atoms with E-state index in [1.165, 1.54) is 0 Å². The maximum absolute atomic E-state index is 13.1. The van der Waals surface area contributed by atoms with Crippen molar-refractivity contribution in [1.29, 1.82) is 0 Å². The summed E-state index contributed by atoms with van der Waals surface area (Å²) in [4.78, 5) is 0.318. The quantitative estimate of drug-likeness (QED) is 0.675. The summed E-state index contributed by atoms with van der Waals surface area (Å²) in [5.41, 5.74) is 1.02. The Balaban J connectivity index is 1.78. The molecule has 3 rings (SSSR count). The minimum absolute atomic E-state index is 0.160. The third-order valence-electron chi connectivity index (χ3n) is 4.13. The van der Waals surface area contributed by atoms with E-state index in [0.717, 1.165) is 24.2 Å². The zero-order valence-corrected chi connectivity index (χ0v) is 15.9. The van der Waals surface area contributed by atoms with E-state index in [9.17, 15) is 8.42 Å². The highest BCUT2D eigenvalue weighted by Gasteiger charge is 2.36. The molecule has 0 saturated carbocycles. The average Bonchev–Trinajstić information content (AvgIpc) is 3.14. The van der Waals surface area contributed by atoms with Crippen LogP contribution in [-0.2, 0) is 10.0 Å². The van der Waals surface area contributed by atoms with Gasteiger partial charge in [0, 0.05) is 12.3 Å². The molecule has 25 heavy (non-hydrogen) atoms. The van der Waals surface area contributed by atoms with Gasteiger partial charge in [0.05, 0.1) is 16.9 Å². The zero-order valence-electron chi connectivity index (χ0n) is 14.3. The van der Waals surface area contributed by atoms with Crippen LogP contribution in [0.1, 0.15) is 30.7 Å². The number of benzene rings is 2. The molecule has 0 spiro atoms. The molecule has 1 aliphatic rings. The van der Waals surface area contributed by atoms with E-state index in [-0.39, 0.29) is 5.37 Å². The van der Waals surface area contributed by atoms with Crippen LogP contribution in [0.5, 0.6) is 5.75 Å². The van der Waals surface area contributed by atoms with Gasteiger partial charge in [0.15, 0.2) is 0 Å². The molecule has 2 aromatic rings. The van der Waals surface area contributed by atoms with Crippen LogP contribution < -0.4 is 4.74 Å². The van der Waals surface area contributed by atoms with E-state index in [4.69, 9.17) is 4.74 Å². The predicted molar refractivity (Wildman–Crippen MR) is 102 cm³/mol. The minimum Gasteiger partial charge on any atom is -0.494 e.